The van der Waals surface area contributed by atoms with Crippen molar-refractivity contribution in [2.75, 3.05) is 0 Å². The second kappa shape index (κ2) is 6.24. The zero-order chi connectivity index (χ0) is 13.8. The van der Waals surface area contributed by atoms with Gasteiger partial charge < -0.3 is 10.5 Å². The van der Waals surface area contributed by atoms with Crippen LogP contribution in [0.5, 0.6) is 5.75 Å². The second-order valence-electron chi connectivity index (χ2n) is 3.97. The highest BCUT2D eigenvalue weighted by Gasteiger charge is 2.08. The van der Waals surface area contributed by atoms with Crippen molar-refractivity contribution in [3.63, 3.8) is 0 Å². The Morgan fingerprint density at radius 1 is 1.16 bits per heavy atom. The molecule has 0 fully saturated rings. The molecule has 0 aromatic heterocycles. The maximum atomic E-state index is 13.7. The van der Waals surface area contributed by atoms with E-state index in [4.69, 9.17) is 33.7 Å². The normalized spacial score (nSPS) is 10.5. The lowest BCUT2D eigenvalue weighted by molar-refractivity contribution is 0.300. The van der Waals surface area contributed by atoms with E-state index in [0.29, 0.717) is 27.9 Å². The summed E-state index contributed by atoms with van der Waals surface area (Å²) in [6.45, 7) is 0.384. The number of ether oxygens (including phenoxy) is 1. The minimum Gasteiger partial charge on any atom is -0.487 e. The monoisotopic (exact) mass is 299 g/mol. The Bertz CT molecular complexity index is 590. The van der Waals surface area contributed by atoms with Crippen molar-refractivity contribution in [3.05, 3.63) is 63.4 Å². The van der Waals surface area contributed by atoms with Gasteiger partial charge in [-0.15, -0.1) is 0 Å². The van der Waals surface area contributed by atoms with Crippen LogP contribution in [0.3, 0.4) is 0 Å². The lowest BCUT2D eigenvalue weighted by Crippen LogP contribution is -2.02. The zero-order valence-corrected chi connectivity index (χ0v) is 11.5. The van der Waals surface area contributed by atoms with Crippen LogP contribution in [-0.2, 0) is 13.2 Å². The van der Waals surface area contributed by atoms with Gasteiger partial charge in [-0.3, -0.25) is 0 Å². The highest BCUT2D eigenvalue weighted by atomic mass is 35.5. The van der Waals surface area contributed by atoms with E-state index in [-0.39, 0.29) is 12.4 Å². The smallest absolute Gasteiger partial charge is 0.139 e. The predicted molar refractivity (Wildman–Crippen MR) is 75.1 cm³/mol. The van der Waals surface area contributed by atoms with Crippen molar-refractivity contribution < 1.29 is 9.13 Å². The summed E-state index contributed by atoms with van der Waals surface area (Å²) < 4.78 is 19.2. The number of benzene rings is 2. The van der Waals surface area contributed by atoms with E-state index in [2.05, 4.69) is 0 Å². The summed E-state index contributed by atoms with van der Waals surface area (Å²) in [7, 11) is 0. The number of hydrogen-bond donors (Lipinski definition) is 1. The average Bonchev–Trinajstić information content (AvgIpc) is 2.41. The van der Waals surface area contributed by atoms with Crippen molar-refractivity contribution in [2.45, 2.75) is 13.2 Å². The molecule has 100 valence electrons. The molecule has 0 unspecified atom stereocenters. The Morgan fingerprint density at radius 3 is 2.63 bits per heavy atom. The van der Waals surface area contributed by atoms with Gasteiger partial charge in [0.05, 0.1) is 5.02 Å². The third kappa shape index (κ3) is 3.38. The molecule has 0 saturated heterocycles. The van der Waals surface area contributed by atoms with Crippen molar-refractivity contribution in [3.8, 4) is 5.75 Å². The number of nitrogens with two attached hydrogens (primary N) is 1. The molecular weight excluding hydrogens is 288 g/mol. The molecule has 0 saturated carbocycles. The minimum atomic E-state index is -0.346. The molecule has 0 bridgehead atoms. The van der Waals surface area contributed by atoms with Gasteiger partial charge in [0.25, 0.3) is 0 Å². The van der Waals surface area contributed by atoms with Gasteiger partial charge in [0.2, 0.25) is 0 Å². The largest absolute Gasteiger partial charge is 0.487 e. The summed E-state index contributed by atoms with van der Waals surface area (Å²) in [6, 6.07) is 9.88. The molecule has 0 spiro atoms. The fraction of sp³-hybridized carbons (Fsp3) is 0.143. The lowest BCUT2D eigenvalue weighted by atomic mass is 10.1. The van der Waals surface area contributed by atoms with Gasteiger partial charge in [-0.2, -0.15) is 0 Å². The molecule has 0 amide bonds. The van der Waals surface area contributed by atoms with E-state index >= 15 is 0 Å². The van der Waals surface area contributed by atoms with Gasteiger partial charge in [0.15, 0.2) is 0 Å². The van der Waals surface area contributed by atoms with E-state index in [1.165, 1.54) is 6.07 Å². The highest BCUT2D eigenvalue weighted by molar-refractivity contribution is 6.42. The summed E-state index contributed by atoms with van der Waals surface area (Å²) in [4.78, 5) is 0. The summed E-state index contributed by atoms with van der Waals surface area (Å²) in [5, 5.41) is 0.723. The average molecular weight is 300 g/mol. The summed E-state index contributed by atoms with van der Waals surface area (Å²) >= 11 is 11.8. The van der Waals surface area contributed by atoms with Gasteiger partial charge in [-0.1, -0.05) is 41.4 Å². The van der Waals surface area contributed by atoms with Crippen LogP contribution in [0.25, 0.3) is 0 Å². The Morgan fingerprint density at radius 2 is 1.95 bits per heavy atom. The standard InChI is InChI=1S/C14H12Cl2FNO/c15-11-2-1-3-13(14(11)16)19-8-10-5-4-9(7-18)6-12(10)17/h1-6H,7-8,18H2. The Balaban J connectivity index is 2.12. The highest BCUT2D eigenvalue weighted by Crippen LogP contribution is 2.32. The van der Waals surface area contributed by atoms with Crippen LogP contribution >= 0.6 is 23.2 Å². The first-order valence-corrected chi connectivity index (χ1v) is 6.41. The first-order valence-electron chi connectivity index (χ1n) is 5.66. The molecule has 0 heterocycles. The van der Waals surface area contributed by atoms with E-state index in [1.54, 1.807) is 30.3 Å². The molecule has 5 heteroatoms. The maximum Gasteiger partial charge on any atom is 0.139 e. The SMILES string of the molecule is NCc1ccc(COc2cccc(Cl)c2Cl)c(F)c1. The van der Waals surface area contributed by atoms with E-state index < -0.39 is 0 Å². The van der Waals surface area contributed by atoms with E-state index in [9.17, 15) is 4.39 Å². The Kier molecular flexibility index (Phi) is 4.64. The minimum absolute atomic E-state index is 0.0801. The second-order valence-corrected chi connectivity index (χ2v) is 4.76. The molecule has 0 atom stereocenters. The molecular formula is C14H12Cl2FNO. The molecule has 19 heavy (non-hydrogen) atoms. The predicted octanol–water partition coefficient (Wildman–Crippen LogP) is 4.17. The number of halogens is 3. The van der Waals surface area contributed by atoms with Crippen LogP contribution in [0.4, 0.5) is 4.39 Å². The van der Waals surface area contributed by atoms with E-state index in [0.717, 1.165) is 5.56 Å². The van der Waals surface area contributed by atoms with Crippen LogP contribution in [0, 0.1) is 5.82 Å². The summed E-state index contributed by atoms with van der Waals surface area (Å²) in [5.41, 5.74) is 6.62. The van der Waals surface area contributed by atoms with Crippen LogP contribution in [0.1, 0.15) is 11.1 Å². The molecule has 0 radical (unpaired) electrons. The first kappa shape index (κ1) is 14.1. The van der Waals surface area contributed by atoms with Gasteiger partial charge >= 0.3 is 0 Å². The Labute approximate surface area is 120 Å². The fourth-order valence-electron chi connectivity index (χ4n) is 1.59. The van der Waals surface area contributed by atoms with Gasteiger partial charge in [0.1, 0.15) is 23.2 Å². The molecule has 0 aliphatic heterocycles. The lowest BCUT2D eigenvalue weighted by Gasteiger charge is -2.10. The molecule has 2 N–H and O–H groups in total. The van der Waals surface area contributed by atoms with Gasteiger partial charge in [-0.05, 0) is 23.8 Å². The van der Waals surface area contributed by atoms with Crippen LogP contribution < -0.4 is 10.5 Å². The third-order valence-electron chi connectivity index (χ3n) is 2.65. The van der Waals surface area contributed by atoms with Crippen molar-refractivity contribution in [2.24, 2.45) is 5.73 Å². The first-order chi connectivity index (χ1) is 9.11. The van der Waals surface area contributed by atoms with Crippen molar-refractivity contribution in [1.82, 2.24) is 0 Å². The Hall–Kier alpha value is -1.29. The molecule has 2 aromatic carbocycles. The molecule has 0 aliphatic rings. The van der Waals surface area contributed by atoms with Gasteiger partial charge in [-0.25, -0.2) is 4.39 Å². The third-order valence-corrected chi connectivity index (χ3v) is 3.45. The quantitative estimate of drug-likeness (QED) is 0.919. The number of hydrogen-bond acceptors (Lipinski definition) is 2. The van der Waals surface area contributed by atoms with Crippen LogP contribution in [0.15, 0.2) is 36.4 Å². The van der Waals surface area contributed by atoms with Gasteiger partial charge in [0, 0.05) is 12.1 Å². The molecule has 0 aliphatic carbocycles. The summed E-state index contributed by atoms with van der Waals surface area (Å²) in [5.74, 6) is 0.0811. The maximum absolute atomic E-state index is 13.7. The van der Waals surface area contributed by atoms with Crippen molar-refractivity contribution >= 4 is 23.2 Å². The summed E-state index contributed by atoms with van der Waals surface area (Å²) in [6.07, 6.45) is 0. The fourth-order valence-corrected chi connectivity index (χ4v) is 1.93. The van der Waals surface area contributed by atoms with Crippen LogP contribution in [-0.4, -0.2) is 0 Å². The molecule has 2 nitrogen and oxygen atoms in total. The molecule has 2 rings (SSSR count). The van der Waals surface area contributed by atoms with Crippen molar-refractivity contribution in [1.29, 1.82) is 0 Å². The topological polar surface area (TPSA) is 35.2 Å². The number of rotatable bonds is 4. The van der Waals surface area contributed by atoms with Crippen LogP contribution in [0.2, 0.25) is 10.0 Å². The van der Waals surface area contributed by atoms with E-state index in [1.807, 2.05) is 0 Å². The zero-order valence-electron chi connectivity index (χ0n) is 10.00. The molecule has 2 aromatic rings.